The number of fused-ring (bicyclic) bond motifs is 3. The summed E-state index contributed by atoms with van der Waals surface area (Å²) in [6.45, 7) is 3.01. The molecule has 4 nitrogen and oxygen atoms in total. The first-order chi connectivity index (χ1) is 13.1. The van der Waals surface area contributed by atoms with Crippen LogP contribution in [0, 0.1) is 5.92 Å². The van der Waals surface area contributed by atoms with Crippen LogP contribution >= 0.6 is 12.4 Å². The van der Waals surface area contributed by atoms with E-state index in [-0.39, 0.29) is 12.4 Å². The molecule has 4 rings (SSSR count). The number of amides is 1. The maximum absolute atomic E-state index is 11.2. The summed E-state index contributed by atoms with van der Waals surface area (Å²) >= 11 is 0. The molecule has 2 aliphatic carbocycles. The van der Waals surface area contributed by atoms with E-state index in [9.17, 15) is 9.90 Å². The van der Waals surface area contributed by atoms with Crippen molar-refractivity contribution in [3.05, 3.63) is 34.9 Å². The molecule has 0 radical (unpaired) electrons. The Bertz CT molecular complexity index is 675. The molecule has 0 spiro atoms. The van der Waals surface area contributed by atoms with Gasteiger partial charge in [-0.05, 0) is 67.8 Å². The van der Waals surface area contributed by atoms with Crippen LogP contribution in [0.2, 0.25) is 0 Å². The minimum absolute atomic E-state index is 0. The zero-order valence-corrected chi connectivity index (χ0v) is 17.9. The molecule has 1 amide bonds. The van der Waals surface area contributed by atoms with Gasteiger partial charge in [-0.25, -0.2) is 4.79 Å². The molecule has 0 unspecified atom stereocenters. The molecule has 28 heavy (non-hydrogen) atoms. The molecule has 1 saturated carbocycles. The first-order valence-corrected chi connectivity index (χ1v) is 10.9. The lowest BCUT2D eigenvalue weighted by atomic mass is 9.77. The Morgan fingerprint density at radius 1 is 1.21 bits per heavy atom. The van der Waals surface area contributed by atoms with Crippen LogP contribution in [-0.4, -0.2) is 47.2 Å². The number of carboxylic acid groups (broad SMARTS) is 1. The van der Waals surface area contributed by atoms with Crippen LogP contribution in [0.15, 0.2) is 18.2 Å². The van der Waals surface area contributed by atoms with Gasteiger partial charge in [0, 0.05) is 25.6 Å². The lowest BCUT2D eigenvalue weighted by Gasteiger charge is -2.35. The summed E-state index contributed by atoms with van der Waals surface area (Å²) in [4.78, 5) is 15.4. The second kappa shape index (κ2) is 9.49. The Kier molecular flexibility index (Phi) is 7.27. The number of halogens is 1. The number of rotatable bonds is 6. The smallest absolute Gasteiger partial charge is 0.407 e. The average molecular weight is 407 g/mol. The first kappa shape index (κ1) is 21.4. The topological polar surface area (TPSA) is 43.8 Å². The molecule has 0 bridgehead atoms. The summed E-state index contributed by atoms with van der Waals surface area (Å²) in [6.07, 6.45) is 11.4. The number of hydrogen-bond acceptors (Lipinski definition) is 2. The Morgan fingerprint density at radius 2 is 2.00 bits per heavy atom. The van der Waals surface area contributed by atoms with E-state index >= 15 is 0 Å². The van der Waals surface area contributed by atoms with Crippen LogP contribution in [0.1, 0.15) is 74.0 Å². The van der Waals surface area contributed by atoms with Gasteiger partial charge >= 0.3 is 6.09 Å². The molecule has 5 heteroatoms. The number of likely N-dealkylation sites (tertiary alicyclic amines) is 1. The summed E-state index contributed by atoms with van der Waals surface area (Å²) in [5.41, 5.74) is 4.14. The monoisotopic (exact) mass is 406 g/mol. The second-order valence-electron chi connectivity index (χ2n) is 8.95. The molecule has 1 aromatic carbocycles. The fraction of sp³-hybridized carbons (Fsp3) is 0.696. The summed E-state index contributed by atoms with van der Waals surface area (Å²) in [7, 11) is 1.66. The highest BCUT2D eigenvalue weighted by Crippen LogP contribution is 2.43. The zero-order valence-electron chi connectivity index (χ0n) is 17.1. The number of hydrogen-bond donors (Lipinski definition) is 1. The van der Waals surface area contributed by atoms with Gasteiger partial charge < -0.3 is 10.0 Å². The first-order valence-electron chi connectivity index (χ1n) is 10.9. The quantitative estimate of drug-likeness (QED) is 0.697. The van der Waals surface area contributed by atoms with Crippen molar-refractivity contribution in [2.75, 3.05) is 20.1 Å². The molecule has 2 atom stereocenters. The molecule has 0 aromatic heterocycles. The molecular weight excluding hydrogens is 372 g/mol. The SMILES string of the molecule is CN(Cc1cccc2c1CC[C@H]1[C@@H]2CCN1CCCC1CCCC1)C(=O)O.Cl. The van der Waals surface area contributed by atoms with E-state index in [0.717, 1.165) is 12.3 Å². The third-order valence-corrected chi connectivity index (χ3v) is 7.33. The van der Waals surface area contributed by atoms with Crippen LogP contribution < -0.4 is 0 Å². The van der Waals surface area contributed by atoms with E-state index in [1.54, 1.807) is 7.05 Å². The molecule has 156 valence electrons. The van der Waals surface area contributed by atoms with Crippen molar-refractivity contribution >= 4 is 18.5 Å². The highest BCUT2D eigenvalue weighted by atomic mass is 35.5. The van der Waals surface area contributed by atoms with Crippen LogP contribution in [0.4, 0.5) is 4.79 Å². The van der Waals surface area contributed by atoms with Gasteiger partial charge in [-0.2, -0.15) is 0 Å². The van der Waals surface area contributed by atoms with E-state index < -0.39 is 6.09 Å². The van der Waals surface area contributed by atoms with Crippen LogP contribution in [0.25, 0.3) is 0 Å². The van der Waals surface area contributed by atoms with Crippen molar-refractivity contribution in [2.24, 2.45) is 5.92 Å². The standard InChI is InChI=1S/C23H34N2O2.ClH/c1-24(23(26)27)16-18-9-4-10-20-19(18)11-12-22-21(20)13-15-25(22)14-5-8-17-6-2-3-7-17;/h4,9-10,17,21-22H,2-3,5-8,11-16H2,1H3,(H,26,27);1H/t21-,22+;/m1./s1. The highest BCUT2D eigenvalue weighted by Gasteiger charge is 2.38. The predicted octanol–water partition coefficient (Wildman–Crippen LogP) is 5.29. The van der Waals surface area contributed by atoms with Crippen molar-refractivity contribution in [2.45, 2.75) is 76.3 Å². The van der Waals surface area contributed by atoms with Gasteiger partial charge in [0.1, 0.15) is 0 Å². The van der Waals surface area contributed by atoms with Gasteiger partial charge in [0.15, 0.2) is 0 Å². The average Bonchev–Trinajstić information content (AvgIpc) is 3.32. The lowest BCUT2D eigenvalue weighted by Crippen LogP contribution is -2.36. The van der Waals surface area contributed by atoms with Crippen LogP contribution in [-0.2, 0) is 13.0 Å². The Balaban J connectivity index is 0.00000225. The van der Waals surface area contributed by atoms with Crippen molar-refractivity contribution in [3.63, 3.8) is 0 Å². The molecule has 1 N–H and O–H groups in total. The van der Waals surface area contributed by atoms with Gasteiger partial charge in [-0.3, -0.25) is 4.90 Å². The second-order valence-corrected chi connectivity index (χ2v) is 8.95. The van der Waals surface area contributed by atoms with Gasteiger partial charge in [0.2, 0.25) is 0 Å². The summed E-state index contributed by atoms with van der Waals surface area (Å²) in [6, 6.07) is 7.26. The minimum Gasteiger partial charge on any atom is -0.465 e. The maximum Gasteiger partial charge on any atom is 0.407 e. The number of benzene rings is 1. The van der Waals surface area contributed by atoms with E-state index in [1.165, 1.54) is 86.0 Å². The molecule has 1 aliphatic heterocycles. The van der Waals surface area contributed by atoms with Crippen LogP contribution in [0.3, 0.4) is 0 Å². The molecular formula is C23H35ClN2O2. The lowest BCUT2D eigenvalue weighted by molar-refractivity contribution is 0.153. The zero-order chi connectivity index (χ0) is 18.8. The maximum atomic E-state index is 11.2. The molecule has 3 aliphatic rings. The predicted molar refractivity (Wildman–Crippen MR) is 115 cm³/mol. The van der Waals surface area contributed by atoms with Crippen molar-refractivity contribution in [1.29, 1.82) is 0 Å². The summed E-state index contributed by atoms with van der Waals surface area (Å²) < 4.78 is 0. The Morgan fingerprint density at radius 3 is 2.75 bits per heavy atom. The molecule has 1 aromatic rings. The van der Waals surface area contributed by atoms with Crippen molar-refractivity contribution in [3.8, 4) is 0 Å². The van der Waals surface area contributed by atoms with Crippen LogP contribution in [0.5, 0.6) is 0 Å². The van der Waals surface area contributed by atoms with E-state index in [1.807, 2.05) is 0 Å². The van der Waals surface area contributed by atoms with Gasteiger partial charge in [-0.1, -0.05) is 43.9 Å². The third-order valence-electron chi connectivity index (χ3n) is 7.33. The van der Waals surface area contributed by atoms with E-state index in [4.69, 9.17) is 0 Å². The fourth-order valence-electron chi connectivity index (χ4n) is 5.89. The van der Waals surface area contributed by atoms with E-state index in [0.29, 0.717) is 18.5 Å². The van der Waals surface area contributed by atoms with E-state index in [2.05, 4.69) is 23.1 Å². The third kappa shape index (κ3) is 4.49. The Hall–Kier alpha value is -1.26. The Labute approximate surface area is 175 Å². The normalized spacial score (nSPS) is 24.5. The number of carbonyl (C=O) groups is 1. The molecule has 1 heterocycles. The molecule has 1 saturated heterocycles. The largest absolute Gasteiger partial charge is 0.465 e. The highest BCUT2D eigenvalue weighted by molar-refractivity contribution is 5.85. The van der Waals surface area contributed by atoms with Gasteiger partial charge in [-0.15, -0.1) is 12.4 Å². The minimum atomic E-state index is -0.851. The fourth-order valence-corrected chi connectivity index (χ4v) is 5.89. The molecule has 2 fully saturated rings. The summed E-state index contributed by atoms with van der Waals surface area (Å²) in [5, 5.41) is 9.21. The van der Waals surface area contributed by atoms with Crippen molar-refractivity contribution in [1.82, 2.24) is 9.80 Å². The van der Waals surface area contributed by atoms with Crippen molar-refractivity contribution < 1.29 is 9.90 Å². The van der Waals surface area contributed by atoms with Gasteiger partial charge in [0.05, 0.1) is 0 Å². The summed E-state index contributed by atoms with van der Waals surface area (Å²) in [5.74, 6) is 1.65. The number of nitrogens with zero attached hydrogens (tertiary/aromatic N) is 2. The van der Waals surface area contributed by atoms with Gasteiger partial charge in [0.25, 0.3) is 0 Å².